The van der Waals surface area contributed by atoms with Gasteiger partial charge in [0.05, 0.1) is 12.6 Å². The SMILES string of the molecule is Cn1cc(S(=O)(=O)NC2CCOc3ccccc32)c(=O)n(C)c1=O. The maximum Gasteiger partial charge on any atom is 0.330 e. The van der Waals surface area contributed by atoms with Gasteiger partial charge in [0.1, 0.15) is 5.75 Å². The molecule has 0 aliphatic carbocycles. The van der Waals surface area contributed by atoms with Gasteiger partial charge in [0.25, 0.3) is 5.56 Å². The molecule has 0 bridgehead atoms. The van der Waals surface area contributed by atoms with Crippen molar-refractivity contribution >= 4 is 10.0 Å². The van der Waals surface area contributed by atoms with Gasteiger partial charge in [0.15, 0.2) is 4.90 Å². The minimum absolute atomic E-state index is 0.371. The maximum absolute atomic E-state index is 12.7. The first-order chi connectivity index (χ1) is 11.3. The van der Waals surface area contributed by atoms with E-state index in [4.69, 9.17) is 4.74 Å². The van der Waals surface area contributed by atoms with Gasteiger partial charge in [0, 0.05) is 32.3 Å². The summed E-state index contributed by atoms with van der Waals surface area (Å²) in [4.78, 5) is 23.4. The highest BCUT2D eigenvalue weighted by Gasteiger charge is 2.29. The van der Waals surface area contributed by atoms with Gasteiger partial charge < -0.3 is 9.30 Å². The van der Waals surface area contributed by atoms with Gasteiger partial charge in [-0.1, -0.05) is 18.2 Å². The van der Waals surface area contributed by atoms with E-state index in [1.165, 1.54) is 14.1 Å². The molecule has 24 heavy (non-hydrogen) atoms. The number of ether oxygens (including phenoxy) is 1. The predicted molar refractivity (Wildman–Crippen MR) is 86.5 cm³/mol. The van der Waals surface area contributed by atoms with Crippen LogP contribution in [-0.4, -0.2) is 24.2 Å². The van der Waals surface area contributed by atoms with Crippen LogP contribution in [0.5, 0.6) is 5.75 Å². The van der Waals surface area contributed by atoms with E-state index in [-0.39, 0.29) is 0 Å². The molecule has 0 saturated heterocycles. The van der Waals surface area contributed by atoms with Crippen molar-refractivity contribution in [1.82, 2.24) is 13.9 Å². The van der Waals surface area contributed by atoms with E-state index >= 15 is 0 Å². The van der Waals surface area contributed by atoms with Crippen LogP contribution in [0, 0.1) is 0 Å². The van der Waals surface area contributed by atoms with Crippen LogP contribution < -0.4 is 20.7 Å². The molecule has 1 aromatic heterocycles. The Morgan fingerprint density at radius 1 is 1.21 bits per heavy atom. The minimum atomic E-state index is -4.09. The third-order valence-corrected chi connectivity index (χ3v) is 5.41. The highest BCUT2D eigenvalue weighted by atomic mass is 32.2. The van der Waals surface area contributed by atoms with Crippen LogP contribution in [0.4, 0.5) is 0 Å². The Hall–Kier alpha value is -2.39. The Morgan fingerprint density at radius 2 is 1.92 bits per heavy atom. The Bertz CT molecular complexity index is 1010. The molecule has 2 heterocycles. The molecule has 3 rings (SSSR count). The van der Waals surface area contributed by atoms with E-state index in [1.54, 1.807) is 24.3 Å². The van der Waals surface area contributed by atoms with E-state index in [9.17, 15) is 18.0 Å². The van der Waals surface area contributed by atoms with E-state index in [2.05, 4.69) is 4.72 Å². The van der Waals surface area contributed by atoms with Gasteiger partial charge in [-0.05, 0) is 6.07 Å². The average molecular weight is 351 g/mol. The zero-order chi connectivity index (χ0) is 17.5. The highest BCUT2D eigenvalue weighted by molar-refractivity contribution is 7.89. The van der Waals surface area contributed by atoms with Crippen LogP contribution in [0.25, 0.3) is 0 Å². The van der Waals surface area contributed by atoms with Crippen LogP contribution in [0.1, 0.15) is 18.0 Å². The number of para-hydroxylation sites is 1. The van der Waals surface area contributed by atoms with Crippen LogP contribution in [-0.2, 0) is 24.1 Å². The largest absolute Gasteiger partial charge is 0.493 e. The number of benzene rings is 1. The van der Waals surface area contributed by atoms with Crippen molar-refractivity contribution in [3.05, 3.63) is 56.9 Å². The third kappa shape index (κ3) is 2.76. The number of hydrogen-bond acceptors (Lipinski definition) is 5. The number of hydrogen-bond donors (Lipinski definition) is 1. The van der Waals surface area contributed by atoms with Crippen LogP contribution in [0.2, 0.25) is 0 Å². The normalized spacial score (nSPS) is 17.2. The first-order valence-corrected chi connectivity index (χ1v) is 8.80. The quantitative estimate of drug-likeness (QED) is 0.831. The van der Waals surface area contributed by atoms with E-state index in [0.29, 0.717) is 24.3 Å². The average Bonchev–Trinajstić information content (AvgIpc) is 2.56. The number of nitrogens with one attached hydrogen (secondary N) is 1. The Kier molecular flexibility index (Phi) is 4.06. The molecule has 128 valence electrons. The summed E-state index contributed by atoms with van der Waals surface area (Å²) in [5.41, 5.74) is -0.727. The number of aromatic nitrogens is 2. The molecule has 1 aliphatic rings. The van der Waals surface area contributed by atoms with Crippen molar-refractivity contribution in [2.75, 3.05) is 6.61 Å². The van der Waals surface area contributed by atoms with Crippen molar-refractivity contribution in [3.8, 4) is 5.75 Å². The fourth-order valence-corrected chi connectivity index (χ4v) is 4.08. The summed E-state index contributed by atoms with van der Waals surface area (Å²) in [6.45, 7) is 0.371. The standard InChI is InChI=1S/C15H17N3O5S/c1-17-9-13(14(19)18(2)15(17)20)24(21,22)16-11-7-8-23-12-6-4-3-5-10(11)12/h3-6,9,11,16H,7-8H2,1-2H3. The molecular formula is C15H17N3O5S. The molecule has 0 spiro atoms. The van der Waals surface area contributed by atoms with Crippen molar-refractivity contribution in [2.24, 2.45) is 14.1 Å². The number of sulfonamides is 1. The Balaban J connectivity index is 2.03. The van der Waals surface area contributed by atoms with Gasteiger partial charge in [-0.3, -0.25) is 9.36 Å². The molecule has 0 fully saturated rings. The summed E-state index contributed by atoms with van der Waals surface area (Å²) in [6.07, 6.45) is 1.49. The summed E-state index contributed by atoms with van der Waals surface area (Å²) in [7, 11) is -1.46. The van der Waals surface area contributed by atoms with Gasteiger partial charge in [-0.25, -0.2) is 17.9 Å². The smallest absolute Gasteiger partial charge is 0.330 e. The molecule has 0 amide bonds. The lowest BCUT2D eigenvalue weighted by Crippen LogP contribution is -2.42. The lowest BCUT2D eigenvalue weighted by atomic mass is 10.0. The molecule has 0 saturated carbocycles. The molecule has 1 aromatic carbocycles. The molecule has 9 heteroatoms. The van der Waals surface area contributed by atoms with Gasteiger partial charge in [-0.15, -0.1) is 0 Å². The second kappa shape index (κ2) is 5.91. The molecular weight excluding hydrogens is 334 g/mol. The first-order valence-electron chi connectivity index (χ1n) is 7.32. The predicted octanol–water partition coefficient (Wildman–Crippen LogP) is -0.114. The Morgan fingerprint density at radius 3 is 2.67 bits per heavy atom. The molecule has 1 aliphatic heterocycles. The molecule has 1 atom stereocenters. The summed E-state index contributed by atoms with van der Waals surface area (Å²) in [5, 5.41) is 0. The lowest BCUT2D eigenvalue weighted by molar-refractivity contribution is 0.263. The van der Waals surface area contributed by atoms with Crippen molar-refractivity contribution in [3.63, 3.8) is 0 Å². The van der Waals surface area contributed by atoms with E-state index in [0.717, 1.165) is 15.3 Å². The van der Waals surface area contributed by atoms with Crippen molar-refractivity contribution < 1.29 is 13.2 Å². The molecule has 0 radical (unpaired) electrons. The minimum Gasteiger partial charge on any atom is -0.493 e. The van der Waals surface area contributed by atoms with Crippen molar-refractivity contribution in [2.45, 2.75) is 17.4 Å². The molecule has 2 aromatic rings. The number of aryl methyl sites for hydroxylation is 1. The third-order valence-electron chi connectivity index (χ3n) is 3.96. The van der Waals surface area contributed by atoms with Crippen LogP contribution in [0.3, 0.4) is 0 Å². The number of nitrogens with zero attached hydrogens (tertiary/aromatic N) is 2. The maximum atomic E-state index is 12.7. The summed E-state index contributed by atoms with van der Waals surface area (Å²) >= 11 is 0. The topological polar surface area (TPSA) is 99.4 Å². The monoisotopic (exact) mass is 351 g/mol. The van der Waals surface area contributed by atoms with Gasteiger partial charge >= 0.3 is 5.69 Å². The van der Waals surface area contributed by atoms with Gasteiger partial charge in [-0.2, -0.15) is 0 Å². The summed E-state index contributed by atoms with van der Waals surface area (Å²) in [6, 6.07) is 6.64. The fraction of sp³-hybridized carbons (Fsp3) is 0.333. The van der Waals surface area contributed by atoms with Gasteiger partial charge in [0.2, 0.25) is 10.0 Å². The lowest BCUT2D eigenvalue weighted by Gasteiger charge is -2.26. The second-order valence-corrected chi connectivity index (χ2v) is 7.28. The second-order valence-electron chi connectivity index (χ2n) is 5.60. The fourth-order valence-electron chi connectivity index (χ4n) is 2.67. The zero-order valence-electron chi connectivity index (χ0n) is 13.2. The molecule has 1 unspecified atom stereocenters. The van der Waals surface area contributed by atoms with Crippen LogP contribution in [0.15, 0.2) is 44.9 Å². The van der Waals surface area contributed by atoms with Crippen molar-refractivity contribution in [1.29, 1.82) is 0 Å². The van der Waals surface area contributed by atoms with E-state index < -0.39 is 32.2 Å². The number of fused-ring (bicyclic) bond motifs is 1. The summed E-state index contributed by atoms with van der Waals surface area (Å²) in [5.74, 6) is 0.616. The van der Waals surface area contributed by atoms with Crippen LogP contribution >= 0.6 is 0 Å². The summed E-state index contributed by atoms with van der Waals surface area (Å²) < 4.78 is 35.2. The molecule has 8 nitrogen and oxygen atoms in total. The Labute approximate surface area is 138 Å². The first kappa shape index (κ1) is 16.5. The molecule has 1 N–H and O–H groups in total. The highest BCUT2D eigenvalue weighted by Crippen LogP contribution is 2.32. The zero-order valence-corrected chi connectivity index (χ0v) is 14.0. The van der Waals surface area contributed by atoms with E-state index in [1.807, 2.05) is 0 Å². The number of rotatable bonds is 3.